The summed E-state index contributed by atoms with van der Waals surface area (Å²) in [6, 6.07) is 6.02. The van der Waals surface area contributed by atoms with Crippen LogP contribution in [0.4, 0.5) is 4.39 Å². The standard InChI is InChI=1S/C17H21FN4O2/c18-15-3-5-16(6-4-15)24-11-14-2-1-8-21(10-14)17(23)7-9-22-13-19-12-20-22/h3-6,12-14H,1-2,7-11H2/t14-/m0/s1. The number of hydrogen-bond acceptors (Lipinski definition) is 4. The first-order chi connectivity index (χ1) is 11.7. The van der Waals surface area contributed by atoms with E-state index in [0.29, 0.717) is 37.8 Å². The number of likely N-dealkylation sites (tertiary alicyclic amines) is 1. The number of nitrogens with zero attached hydrogens (tertiary/aromatic N) is 4. The Morgan fingerprint density at radius 1 is 1.33 bits per heavy atom. The Kier molecular flexibility index (Phi) is 5.40. The molecule has 1 amide bonds. The van der Waals surface area contributed by atoms with Crippen LogP contribution >= 0.6 is 0 Å². The lowest BCUT2D eigenvalue weighted by Gasteiger charge is -2.32. The Balaban J connectivity index is 1.45. The van der Waals surface area contributed by atoms with Gasteiger partial charge in [0.15, 0.2) is 0 Å². The summed E-state index contributed by atoms with van der Waals surface area (Å²) in [7, 11) is 0. The van der Waals surface area contributed by atoms with Gasteiger partial charge in [-0.05, 0) is 37.1 Å². The molecule has 0 N–H and O–H groups in total. The van der Waals surface area contributed by atoms with Crippen molar-refractivity contribution in [3.63, 3.8) is 0 Å². The molecular weight excluding hydrogens is 311 g/mol. The highest BCUT2D eigenvalue weighted by atomic mass is 19.1. The Hall–Kier alpha value is -2.44. The van der Waals surface area contributed by atoms with Crippen molar-refractivity contribution >= 4 is 5.91 Å². The van der Waals surface area contributed by atoms with Gasteiger partial charge in [0.25, 0.3) is 0 Å². The number of benzene rings is 1. The molecular formula is C17H21FN4O2. The lowest BCUT2D eigenvalue weighted by molar-refractivity contribution is -0.133. The summed E-state index contributed by atoms with van der Waals surface area (Å²) < 4.78 is 20.3. The van der Waals surface area contributed by atoms with Crippen LogP contribution in [-0.2, 0) is 11.3 Å². The molecule has 1 aliphatic heterocycles. The molecule has 0 spiro atoms. The first-order valence-corrected chi connectivity index (χ1v) is 8.19. The summed E-state index contributed by atoms with van der Waals surface area (Å²) in [6.07, 6.45) is 5.52. The molecule has 1 aliphatic rings. The molecule has 2 aromatic rings. The molecule has 0 bridgehead atoms. The minimum absolute atomic E-state index is 0.136. The van der Waals surface area contributed by atoms with E-state index in [1.807, 2.05) is 4.90 Å². The van der Waals surface area contributed by atoms with Gasteiger partial charge >= 0.3 is 0 Å². The highest BCUT2D eigenvalue weighted by molar-refractivity contribution is 5.76. The smallest absolute Gasteiger partial charge is 0.224 e. The maximum Gasteiger partial charge on any atom is 0.224 e. The summed E-state index contributed by atoms with van der Waals surface area (Å²) in [6.45, 7) is 2.59. The summed E-state index contributed by atoms with van der Waals surface area (Å²) in [5, 5.41) is 4.01. The van der Waals surface area contributed by atoms with E-state index < -0.39 is 0 Å². The molecule has 1 saturated heterocycles. The van der Waals surface area contributed by atoms with E-state index in [-0.39, 0.29) is 11.7 Å². The zero-order valence-corrected chi connectivity index (χ0v) is 13.5. The van der Waals surface area contributed by atoms with Gasteiger partial charge in [-0.2, -0.15) is 5.10 Å². The zero-order valence-electron chi connectivity index (χ0n) is 13.5. The maximum absolute atomic E-state index is 12.9. The molecule has 7 heteroatoms. The molecule has 0 saturated carbocycles. The number of carbonyl (C=O) groups is 1. The first kappa shape index (κ1) is 16.4. The van der Waals surface area contributed by atoms with Crippen molar-refractivity contribution in [3.05, 3.63) is 42.7 Å². The number of amides is 1. The van der Waals surface area contributed by atoms with Gasteiger partial charge in [0.1, 0.15) is 24.2 Å². The van der Waals surface area contributed by atoms with Crippen LogP contribution in [0, 0.1) is 11.7 Å². The van der Waals surface area contributed by atoms with Crippen molar-refractivity contribution in [2.75, 3.05) is 19.7 Å². The van der Waals surface area contributed by atoms with Crippen LogP contribution in [0.3, 0.4) is 0 Å². The average Bonchev–Trinajstić information content (AvgIpc) is 3.13. The van der Waals surface area contributed by atoms with Gasteiger partial charge in [-0.15, -0.1) is 0 Å². The minimum Gasteiger partial charge on any atom is -0.493 e. The van der Waals surface area contributed by atoms with Crippen molar-refractivity contribution in [3.8, 4) is 5.75 Å². The van der Waals surface area contributed by atoms with Gasteiger partial charge in [-0.25, -0.2) is 9.37 Å². The molecule has 1 aromatic heterocycles. The highest BCUT2D eigenvalue weighted by Crippen LogP contribution is 2.19. The summed E-state index contributed by atoms with van der Waals surface area (Å²) in [5.74, 6) is 0.825. The van der Waals surface area contributed by atoms with Crippen LogP contribution in [0.5, 0.6) is 5.75 Å². The Morgan fingerprint density at radius 2 is 2.17 bits per heavy atom. The van der Waals surface area contributed by atoms with E-state index >= 15 is 0 Å². The molecule has 2 heterocycles. The minimum atomic E-state index is -0.274. The van der Waals surface area contributed by atoms with E-state index in [0.717, 1.165) is 19.4 Å². The lowest BCUT2D eigenvalue weighted by Crippen LogP contribution is -2.41. The van der Waals surface area contributed by atoms with Crippen LogP contribution < -0.4 is 4.74 Å². The molecule has 0 radical (unpaired) electrons. The maximum atomic E-state index is 12.9. The molecule has 1 atom stereocenters. The van der Waals surface area contributed by atoms with Crippen LogP contribution in [0.2, 0.25) is 0 Å². The fourth-order valence-electron chi connectivity index (χ4n) is 2.89. The summed E-state index contributed by atoms with van der Waals surface area (Å²) in [5.41, 5.74) is 0. The van der Waals surface area contributed by atoms with Gasteiger partial charge in [0.2, 0.25) is 5.91 Å². The SMILES string of the molecule is O=C(CCn1cncn1)N1CCC[C@H](COc2ccc(F)cc2)C1. The zero-order chi connectivity index (χ0) is 16.8. The number of halogens is 1. The number of ether oxygens (including phenoxy) is 1. The fourth-order valence-corrected chi connectivity index (χ4v) is 2.89. The van der Waals surface area contributed by atoms with Gasteiger partial charge in [0, 0.05) is 25.4 Å². The number of aryl methyl sites for hydroxylation is 1. The van der Waals surface area contributed by atoms with E-state index in [1.165, 1.54) is 18.5 Å². The van der Waals surface area contributed by atoms with Crippen LogP contribution in [0.25, 0.3) is 0 Å². The molecule has 128 valence electrons. The quantitative estimate of drug-likeness (QED) is 0.813. The molecule has 0 aliphatic carbocycles. The van der Waals surface area contributed by atoms with Crippen molar-refractivity contribution in [1.82, 2.24) is 19.7 Å². The fraction of sp³-hybridized carbons (Fsp3) is 0.471. The third kappa shape index (κ3) is 4.53. The summed E-state index contributed by atoms with van der Waals surface area (Å²) in [4.78, 5) is 18.1. The second-order valence-corrected chi connectivity index (χ2v) is 6.02. The van der Waals surface area contributed by atoms with Gasteiger partial charge in [-0.3, -0.25) is 9.48 Å². The van der Waals surface area contributed by atoms with Crippen molar-refractivity contribution in [2.24, 2.45) is 5.92 Å². The number of hydrogen-bond donors (Lipinski definition) is 0. The Morgan fingerprint density at radius 3 is 2.92 bits per heavy atom. The first-order valence-electron chi connectivity index (χ1n) is 8.19. The largest absolute Gasteiger partial charge is 0.493 e. The van der Waals surface area contributed by atoms with E-state index in [9.17, 15) is 9.18 Å². The number of aromatic nitrogens is 3. The van der Waals surface area contributed by atoms with Crippen LogP contribution in [0.15, 0.2) is 36.9 Å². The van der Waals surface area contributed by atoms with Crippen molar-refractivity contribution in [2.45, 2.75) is 25.8 Å². The average molecular weight is 332 g/mol. The van der Waals surface area contributed by atoms with Crippen LogP contribution in [0.1, 0.15) is 19.3 Å². The van der Waals surface area contributed by atoms with Crippen LogP contribution in [-0.4, -0.2) is 45.3 Å². The Bertz CT molecular complexity index is 645. The molecule has 3 rings (SSSR count). The third-order valence-corrected chi connectivity index (χ3v) is 4.19. The van der Waals surface area contributed by atoms with Crippen molar-refractivity contribution < 1.29 is 13.9 Å². The predicted molar refractivity (Wildman–Crippen MR) is 85.8 cm³/mol. The number of piperidine rings is 1. The molecule has 1 aromatic carbocycles. The lowest BCUT2D eigenvalue weighted by atomic mass is 9.98. The molecule has 1 fully saturated rings. The normalized spacial score (nSPS) is 17.7. The van der Waals surface area contributed by atoms with Crippen molar-refractivity contribution in [1.29, 1.82) is 0 Å². The van der Waals surface area contributed by atoms with Gasteiger partial charge in [0.05, 0.1) is 13.2 Å². The van der Waals surface area contributed by atoms with Gasteiger partial charge in [-0.1, -0.05) is 0 Å². The number of carbonyl (C=O) groups excluding carboxylic acids is 1. The van der Waals surface area contributed by atoms with E-state index in [2.05, 4.69) is 10.1 Å². The third-order valence-electron chi connectivity index (χ3n) is 4.19. The topological polar surface area (TPSA) is 60.2 Å². The number of rotatable bonds is 6. The molecule has 24 heavy (non-hydrogen) atoms. The highest BCUT2D eigenvalue weighted by Gasteiger charge is 2.24. The summed E-state index contributed by atoms with van der Waals surface area (Å²) >= 11 is 0. The Labute approximate surface area is 140 Å². The van der Waals surface area contributed by atoms with Gasteiger partial charge < -0.3 is 9.64 Å². The molecule has 0 unspecified atom stereocenters. The second-order valence-electron chi connectivity index (χ2n) is 6.02. The second kappa shape index (κ2) is 7.90. The van der Waals surface area contributed by atoms with E-state index in [1.54, 1.807) is 23.1 Å². The predicted octanol–water partition coefficient (Wildman–Crippen LogP) is 2.12. The molecule has 6 nitrogen and oxygen atoms in total. The monoisotopic (exact) mass is 332 g/mol. The van der Waals surface area contributed by atoms with E-state index in [4.69, 9.17) is 4.74 Å².